The van der Waals surface area contributed by atoms with Gasteiger partial charge in [0.15, 0.2) is 11.5 Å². The average molecular weight is 318 g/mol. The second-order valence-electron chi connectivity index (χ2n) is 4.63. The monoisotopic (exact) mass is 318 g/mol. The maximum absolute atomic E-state index is 11.9. The molecule has 0 bridgehead atoms. The number of carbonyl (C=O) groups is 1. The van der Waals surface area contributed by atoms with Crippen molar-refractivity contribution in [1.82, 2.24) is 10.2 Å². The van der Waals surface area contributed by atoms with Crippen LogP contribution in [-0.2, 0) is 4.74 Å². The van der Waals surface area contributed by atoms with Crippen molar-refractivity contribution in [3.8, 4) is 11.5 Å². The van der Waals surface area contributed by atoms with E-state index in [-0.39, 0.29) is 0 Å². The molecule has 0 saturated carbocycles. The molecule has 0 saturated heterocycles. The summed E-state index contributed by atoms with van der Waals surface area (Å²) in [7, 11) is 4.50. The Kier molecular flexibility index (Phi) is 3.58. The Morgan fingerprint density at radius 2 is 1.77 bits per heavy atom. The van der Waals surface area contributed by atoms with Crippen molar-refractivity contribution in [1.29, 1.82) is 0 Å². The highest BCUT2D eigenvalue weighted by Gasteiger charge is 2.21. The van der Waals surface area contributed by atoms with E-state index in [1.54, 1.807) is 20.3 Å². The lowest BCUT2D eigenvalue weighted by Crippen LogP contribution is -2.00. The van der Waals surface area contributed by atoms with E-state index in [0.29, 0.717) is 27.4 Å². The molecule has 0 aliphatic heterocycles. The summed E-state index contributed by atoms with van der Waals surface area (Å²) in [4.78, 5) is 13.3. The molecule has 114 valence electrons. The molecule has 22 heavy (non-hydrogen) atoms. The first-order chi connectivity index (χ1) is 10.6. The van der Waals surface area contributed by atoms with Crippen LogP contribution < -0.4 is 9.47 Å². The Morgan fingerprint density at radius 3 is 2.41 bits per heavy atom. The fourth-order valence-electron chi connectivity index (χ4n) is 2.43. The van der Waals surface area contributed by atoms with E-state index in [1.807, 2.05) is 13.0 Å². The third kappa shape index (κ3) is 2.05. The zero-order valence-electron chi connectivity index (χ0n) is 12.6. The van der Waals surface area contributed by atoms with Gasteiger partial charge in [0.05, 0.1) is 26.8 Å². The summed E-state index contributed by atoms with van der Waals surface area (Å²) >= 11 is 1.35. The summed E-state index contributed by atoms with van der Waals surface area (Å²) in [5.41, 5.74) is 1.23. The average Bonchev–Trinajstić information content (AvgIpc) is 2.89. The van der Waals surface area contributed by atoms with Gasteiger partial charge in [-0.25, -0.2) is 4.79 Å². The number of fused-ring (bicyclic) bond motifs is 3. The molecule has 0 N–H and O–H groups in total. The van der Waals surface area contributed by atoms with Gasteiger partial charge in [-0.3, -0.25) is 0 Å². The number of aryl methyl sites for hydroxylation is 1. The summed E-state index contributed by atoms with van der Waals surface area (Å²) in [6.07, 6.45) is 0. The van der Waals surface area contributed by atoms with Gasteiger partial charge in [0.2, 0.25) is 0 Å². The molecule has 2 aromatic heterocycles. The van der Waals surface area contributed by atoms with Crippen molar-refractivity contribution in [2.45, 2.75) is 6.92 Å². The van der Waals surface area contributed by atoms with Gasteiger partial charge in [0, 0.05) is 21.7 Å². The van der Waals surface area contributed by atoms with Crippen LogP contribution in [0.2, 0.25) is 0 Å². The van der Waals surface area contributed by atoms with E-state index in [1.165, 1.54) is 18.4 Å². The Labute approximate surface area is 130 Å². The normalized spacial score (nSPS) is 10.9. The number of ether oxygens (including phenoxy) is 3. The van der Waals surface area contributed by atoms with Crippen molar-refractivity contribution in [3.05, 3.63) is 21.9 Å². The van der Waals surface area contributed by atoms with Crippen LogP contribution in [0, 0.1) is 6.92 Å². The lowest BCUT2D eigenvalue weighted by Gasteiger charge is -2.09. The first kappa shape index (κ1) is 14.5. The zero-order chi connectivity index (χ0) is 15.9. The Hall–Kier alpha value is -2.41. The molecular formula is C15H14N2O4S. The molecule has 0 aliphatic rings. The second-order valence-corrected chi connectivity index (χ2v) is 5.85. The number of methoxy groups -OCH3 is 3. The van der Waals surface area contributed by atoms with Crippen LogP contribution in [0.5, 0.6) is 11.5 Å². The molecule has 1 aromatic carbocycles. The summed E-state index contributed by atoms with van der Waals surface area (Å²) in [5, 5.41) is 10.1. The first-order valence-electron chi connectivity index (χ1n) is 6.50. The van der Waals surface area contributed by atoms with E-state index in [4.69, 9.17) is 14.2 Å². The Morgan fingerprint density at radius 1 is 1.09 bits per heavy atom. The molecule has 7 heteroatoms. The van der Waals surface area contributed by atoms with Crippen LogP contribution in [-0.4, -0.2) is 37.5 Å². The fourth-order valence-corrected chi connectivity index (χ4v) is 3.45. The summed E-state index contributed by atoms with van der Waals surface area (Å²) < 4.78 is 15.4. The maximum atomic E-state index is 11.9. The molecular weight excluding hydrogens is 304 g/mol. The quantitative estimate of drug-likeness (QED) is 0.692. The van der Waals surface area contributed by atoms with Crippen molar-refractivity contribution >= 4 is 39.1 Å². The van der Waals surface area contributed by atoms with Crippen molar-refractivity contribution in [2.75, 3.05) is 21.3 Å². The third-order valence-corrected chi connectivity index (χ3v) is 4.53. The number of nitrogens with zero attached hydrogens (tertiary/aromatic N) is 2. The zero-order valence-corrected chi connectivity index (χ0v) is 13.4. The summed E-state index contributed by atoms with van der Waals surface area (Å²) in [6, 6.07) is 3.63. The minimum atomic E-state index is -0.405. The van der Waals surface area contributed by atoms with E-state index in [2.05, 4.69) is 10.2 Å². The summed E-state index contributed by atoms with van der Waals surface area (Å²) in [5.74, 6) is 0.788. The highest BCUT2D eigenvalue weighted by atomic mass is 32.1. The third-order valence-electron chi connectivity index (χ3n) is 3.46. The van der Waals surface area contributed by atoms with Gasteiger partial charge >= 0.3 is 5.97 Å². The van der Waals surface area contributed by atoms with Gasteiger partial charge < -0.3 is 14.2 Å². The topological polar surface area (TPSA) is 70.5 Å². The number of esters is 1. The van der Waals surface area contributed by atoms with Gasteiger partial charge in [0.25, 0.3) is 0 Å². The van der Waals surface area contributed by atoms with Crippen molar-refractivity contribution in [3.63, 3.8) is 0 Å². The standard InChI is InChI=1S/C15H14N2O4S/c1-7-12-8-5-10(19-2)11(20-3)6-9(8)16-17-13(12)14(22-7)15(18)21-4/h5-6H,1-4H3. The molecule has 6 nitrogen and oxygen atoms in total. The van der Waals surface area contributed by atoms with Gasteiger partial charge in [0.1, 0.15) is 10.4 Å². The number of hydrogen-bond donors (Lipinski definition) is 0. The molecule has 0 radical (unpaired) electrons. The highest BCUT2D eigenvalue weighted by Crippen LogP contribution is 2.38. The van der Waals surface area contributed by atoms with Crippen LogP contribution in [0.15, 0.2) is 12.1 Å². The van der Waals surface area contributed by atoms with Gasteiger partial charge in [-0.15, -0.1) is 21.5 Å². The molecule has 0 fully saturated rings. The smallest absolute Gasteiger partial charge is 0.350 e. The maximum Gasteiger partial charge on any atom is 0.350 e. The van der Waals surface area contributed by atoms with Gasteiger partial charge in [-0.05, 0) is 13.0 Å². The van der Waals surface area contributed by atoms with Crippen LogP contribution in [0.4, 0.5) is 0 Å². The fraction of sp³-hybridized carbons (Fsp3) is 0.267. The number of hydrogen-bond acceptors (Lipinski definition) is 7. The van der Waals surface area contributed by atoms with Crippen LogP contribution in [0.3, 0.4) is 0 Å². The lowest BCUT2D eigenvalue weighted by atomic mass is 10.1. The number of thiophene rings is 1. The molecule has 3 rings (SSSR count). The first-order valence-corrected chi connectivity index (χ1v) is 7.32. The van der Waals surface area contributed by atoms with E-state index < -0.39 is 5.97 Å². The second kappa shape index (κ2) is 5.42. The Bertz CT molecular complexity index is 888. The SMILES string of the molecule is COC(=O)c1sc(C)c2c1nnc1cc(OC)c(OC)cc12. The van der Waals surface area contributed by atoms with E-state index >= 15 is 0 Å². The van der Waals surface area contributed by atoms with E-state index in [0.717, 1.165) is 15.6 Å². The minimum Gasteiger partial charge on any atom is -0.493 e. The molecule has 2 heterocycles. The largest absolute Gasteiger partial charge is 0.493 e. The number of aromatic nitrogens is 2. The molecule has 0 aliphatic carbocycles. The molecule has 0 spiro atoms. The van der Waals surface area contributed by atoms with Gasteiger partial charge in [-0.2, -0.15) is 0 Å². The molecule has 0 unspecified atom stereocenters. The summed E-state index contributed by atoms with van der Waals surface area (Å²) in [6.45, 7) is 1.94. The molecule has 3 aromatic rings. The highest BCUT2D eigenvalue weighted by molar-refractivity contribution is 7.15. The lowest BCUT2D eigenvalue weighted by molar-refractivity contribution is 0.0608. The van der Waals surface area contributed by atoms with E-state index in [9.17, 15) is 4.79 Å². The van der Waals surface area contributed by atoms with Crippen LogP contribution >= 0.6 is 11.3 Å². The number of carbonyl (C=O) groups excluding carboxylic acids is 1. The van der Waals surface area contributed by atoms with Crippen molar-refractivity contribution in [2.24, 2.45) is 0 Å². The predicted molar refractivity (Wildman–Crippen MR) is 84.1 cm³/mol. The van der Waals surface area contributed by atoms with Gasteiger partial charge in [-0.1, -0.05) is 0 Å². The molecule has 0 atom stereocenters. The van der Waals surface area contributed by atoms with Crippen molar-refractivity contribution < 1.29 is 19.0 Å². The molecule has 0 amide bonds. The van der Waals surface area contributed by atoms with Crippen LogP contribution in [0.25, 0.3) is 21.8 Å². The number of benzene rings is 1. The minimum absolute atomic E-state index is 0.405. The number of rotatable bonds is 3. The van der Waals surface area contributed by atoms with Crippen LogP contribution in [0.1, 0.15) is 14.5 Å². The Balaban J connectivity index is 2.40. The predicted octanol–water partition coefficient (Wildman–Crippen LogP) is 2.96.